The zero-order valence-electron chi connectivity index (χ0n) is 16.0. The van der Waals surface area contributed by atoms with E-state index in [9.17, 15) is 18.4 Å². The summed E-state index contributed by atoms with van der Waals surface area (Å²) in [6.45, 7) is 2.33. The van der Waals surface area contributed by atoms with Gasteiger partial charge in [0.2, 0.25) is 5.91 Å². The second-order valence-electron chi connectivity index (χ2n) is 7.38. The molecule has 0 radical (unpaired) electrons. The zero-order chi connectivity index (χ0) is 21.2. The van der Waals surface area contributed by atoms with Crippen LogP contribution < -0.4 is 5.32 Å². The summed E-state index contributed by atoms with van der Waals surface area (Å²) in [5, 5.41) is 19.7. The first-order chi connectivity index (χ1) is 13.8. The molecule has 29 heavy (non-hydrogen) atoms. The number of hydrogen-bond acceptors (Lipinski definition) is 5. The van der Waals surface area contributed by atoms with E-state index in [2.05, 4.69) is 5.32 Å². The SMILES string of the molecule is CC1=C(C(=N)C(=O)NCc2ccc(C#N)cc2)CCN(CC2(S(=O)O)CC2)C1=O. The predicted molar refractivity (Wildman–Crippen MR) is 107 cm³/mol. The third kappa shape index (κ3) is 4.44. The number of rotatable bonds is 7. The molecular formula is C20H22N4O4S. The quantitative estimate of drug-likeness (QED) is 0.459. The number of amides is 2. The van der Waals surface area contributed by atoms with Crippen LogP contribution in [0.15, 0.2) is 35.4 Å². The molecule has 3 rings (SSSR count). The van der Waals surface area contributed by atoms with Crippen LogP contribution >= 0.6 is 0 Å². The molecule has 8 nitrogen and oxygen atoms in total. The normalized spacial score (nSPS) is 18.8. The van der Waals surface area contributed by atoms with Gasteiger partial charge in [0.25, 0.3) is 5.91 Å². The van der Waals surface area contributed by atoms with Crippen molar-refractivity contribution in [1.82, 2.24) is 10.2 Å². The van der Waals surface area contributed by atoms with Crippen LogP contribution in [-0.4, -0.2) is 49.0 Å². The second-order valence-corrected chi connectivity index (χ2v) is 8.74. The molecule has 1 saturated carbocycles. The molecule has 0 spiro atoms. The lowest BCUT2D eigenvalue weighted by Gasteiger charge is -2.31. The molecule has 2 aliphatic rings. The van der Waals surface area contributed by atoms with Crippen LogP contribution in [0.3, 0.4) is 0 Å². The topological polar surface area (TPSA) is 134 Å². The Bertz CT molecular complexity index is 958. The van der Waals surface area contributed by atoms with Crippen molar-refractivity contribution in [3.63, 3.8) is 0 Å². The summed E-state index contributed by atoms with van der Waals surface area (Å²) in [6.07, 6.45) is 1.58. The first-order valence-corrected chi connectivity index (χ1v) is 10.3. The summed E-state index contributed by atoms with van der Waals surface area (Å²) in [7, 11) is 0. The number of nitrogens with zero attached hydrogens (tertiary/aromatic N) is 2. The third-order valence-electron chi connectivity index (χ3n) is 5.41. The first-order valence-electron chi connectivity index (χ1n) is 9.23. The minimum Gasteiger partial charge on any atom is -0.347 e. The van der Waals surface area contributed by atoms with Gasteiger partial charge in [-0.15, -0.1) is 0 Å². The van der Waals surface area contributed by atoms with Gasteiger partial charge in [0.05, 0.1) is 16.4 Å². The predicted octanol–water partition coefficient (Wildman–Crippen LogP) is 1.50. The van der Waals surface area contributed by atoms with Gasteiger partial charge in [0.15, 0.2) is 11.1 Å². The summed E-state index contributed by atoms with van der Waals surface area (Å²) >= 11 is -1.97. The molecule has 1 fully saturated rings. The molecule has 1 aromatic carbocycles. The van der Waals surface area contributed by atoms with Crippen molar-refractivity contribution < 1.29 is 18.4 Å². The minimum atomic E-state index is -1.97. The average molecular weight is 414 g/mol. The lowest BCUT2D eigenvalue weighted by Crippen LogP contribution is -2.45. The molecule has 0 aromatic heterocycles. The van der Waals surface area contributed by atoms with E-state index in [0.29, 0.717) is 42.5 Å². The Kier molecular flexibility index (Phi) is 5.96. The lowest BCUT2D eigenvalue weighted by molar-refractivity contribution is -0.127. The van der Waals surface area contributed by atoms with Crippen molar-refractivity contribution in [2.75, 3.05) is 13.1 Å². The van der Waals surface area contributed by atoms with Gasteiger partial charge in [0.1, 0.15) is 5.71 Å². The highest BCUT2D eigenvalue weighted by molar-refractivity contribution is 7.81. The van der Waals surface area contributed by atoms with E-state index < -0.39 is 21.7 Å². The molecule has 3 N–H and O–H groups in total. The Hall–Kier alpha value is -2.83. The maximum Gasteiger partial charge on any atom is 0.269 e. The lowest BCUT2D eigenvalue weighted by atomic mass is 9.95. The van der Waals surface area contributed by atoms with E-state index in [4.69, 9.17) is 10.7 Å². The summed E-state index contributed by atoms with van der Waals surface area (Å²) in [4.78, 5) is 26.6. The van der Waals surface area contributed by atoms with Gasteiger partial charge < -0.3 is 14.8 Å². The number of hydrogen-bond donors (Lipinski definition) is 3. The Balaban J connectivity index is 1.62. The molecule has 1 aromatic rings. The standard InChI is InChI=1S/C20H22N4O4S/c1-13-16(6-9-24(19(13)26)12-20(7-8-20)29(27)28)17(22)18(25)23-11-15-4-2-14(10-21)3-5-15/h2-5,22H,6-9,11-12H2,1H3,(H,23,25)(H,27,28). The Morgan fingerprint density at radius 1 is 1.38 bits per heavy atom. The number of carbonyl (C=O) groups is 2. The summed E-state index contributed by atoms with van der Waals surface area (Å²) in [5.74, 6) is -0.868. The van der Waals surface area contributed by atoms with Crippen LogP contribution in [0.2, 0.25) is 0 Å². The van der Waals surface area contributed by atoms with Crippen molar-refractivity contribution in [3.05, 3.63) is 46.5 Å². The monoisotopic (exact) mass is 414 g/mol. The highest BCUT2D eigenvalue weighted by Gasteiger charge is 2.51. The number of nitrogens with one attached hydrogen (secondary N) is 2. The van der Waals surface area contributed by atoms with Crippen molar-refractivity contribution in [2.45, 2.75) is 37.5 Å². The number of carbonyl (C=O) groups excluding carboxylic acids is 2. The average Bonchev–Trinajstić information content (AvgIpc) is 3.50. The van der Waals surface area contributed by atoms with Gasteiger partial charge in [-0.2, -0.15) is 5.26 Å². The Labute approximate surface area is 171 Å². The van der Waals surface area contributed by atoms with Gasteiger partial charge in [0, 0.05) is 25.2 Å². The van der Waals surface area contributed by atoms with E-state index in [-0.39, 0.29) is 24.7 Å². The molecule has 0 bridgehead atoms. The smallest absolute Gasteiger partial charge is 0.269 e. The van der Waals surface area contributed by atoms with E-state index >= 15 is 0 Å². The van der Waals surface area contributed by atoms with Crippen LogP contribution in [0.5, 0.6) is 0 Å². The maximum atomic E-state index is 12.7. The first kappa shape index (κ1) is 20.9. The second kappa shape index (κ2) is 8.27. The van der Waals surface area contributed by atoms with Gasteiger partial charge in [-0.1, -0.05) is 12.1 Å². The third-order valence-corrected chi connectivity index (χ3v) is 6.69. The Morgan fingerprint density at radius 2 is 2.03 bits per heavy atom. The molecule has 2 amide bonds. The fourth-order valence-corrected chi connectivity index (χ4v) is 4.06. The molecule has 1 unspecified atom stereocenters. The number of benzene rings is 1. The fraction of sp³-hybridized carbons (Fsp3) is 0.400. The molecule has 152 valence electrons. The van der Waals surface area contributed by atoms with E-state index in [1.165, 1.54) is 0 Å². The van der Waals surface area contributed by atoms with Crippen LogP contribution in [0.4, 0.5) is 0 Å². The van der Waals surface area contributed by atoms with Crippen LogP contribution in [0.25, 0.3) is 0 Å². The molecule has 0 saturated heterocycles. The fourth-order valence-electron chi connectivity index (χ4n) is 3.35. The summed E-state index contributed by atoms with van der Waals surface area (Å²) < 4.78 is 20.2. The highest BCUT2D eigenvalue weighted by atomic mass is 32.2. The zero-order valence-corrected chi connectivity index (χ0v) is 16.8. The van der Waals surface area contributed by atoms with Gasteiger partial charge in [-0.25, -0.2) is 4.21 Å². The van der Waals surface area contributed by atoms with Gasteiger partial charge >= 0.3 is 0 Å². The minimum absolute atomic E-state index is 0.212. The van der Waals surface area contributed by atoms with E-state index in [1.54, 1.807) is 36.1 Å². The van der Waals surface area contributed by atoms with Crippen LogP contribution in [0, 0.1) is 16.7 Å². The molecular weight excluding hydrogens is 392 g/mol. The molecule has 9 heteroatoms. The number of nitriles is 1. The van der Waals surface area contributed by atoms with Crippen molar-refractivity contribution in [3.8, 4) is 6.07 Å². The van der Waals surface area contributed by atoms with E-state index in [0.717, 1.165) is 5.56 Å². The largest absolute Gasteiger partial charge is 0.347 e. The van der Waals surface area contributed by atoms with Crippen LogP contribution in [0.1, 0.15) is 37.3 Å². The van der Waals surface area contributed by atoms with Crippen molar-refractivity contribution in [2.24, 2.45) is 0 Å². The van der Waals surface area contributed by atoms with Gasteiger partial charge in [-0.3, -0.25) is 15.0 Å². The summed E-state index contributed by atoms with van der Waals surface area (Å²) in [5.41, 5.74) is 1.81. The van der Waals surface area contributed by atoms with Crippen molar-refractivity contribution >= 4 is 28.6 Å². The molecule has 1 aliphatic heterocycles. The van der Waals surface area contributed by atoms with Crippen molar-refractivity contribution in [1.29, 1.82) is 10.7 Å². The Morgan fingerprint density at radius 3 is 2.59 bits per heavy atom. The van der Waals surface area contributed by atoms with E-state index in [1.807, 2.05) is 6.07 Å². The summed E-state index contributed by atoms with van der Waals surface area (Å²) in [6, 6.07) is 8.79. The highest BCUT2D eigenvalue weighted by Crippen LogP contribution is 2.42. The van der Waals surface area contributed by atoms with Gasteiger partial charge in [-0.05, 0) is 49.5 Å². The molecule has 1 atom stereocenters. The maximum absolute atomic E-state index is 12.7. The molecule has 1 heterocycles. The van der Waals surface area contributed by atoms with Crippen LogP contribution in [-0.2, 0) is 27.2 Å². The molecule has 1 aliphatic carbocycles.